The molecule has 102 valence electrons. The van der Waals surface area contributed by atoms with Crippen molar-refractivity contribution in [2.45, 2.75) is 45.4 Å². The van der Waals surface area contributed by atoms with Crippen LogP contribution in [0.5, 0.6) is 0 Å². The third kappa shape index (κ3) is 3.01. The Morgan fingerprint density at radius 3 is 2.56 bits per heavy atom. The molecule has 1 atom stereocenters. The van der Waals surface area contributed by atoms with Crippen molar-refractivity contribution >= 4 is 12.1 Å². The van der Waals surface area contributed by atoms with Crippen LogP contribution >= 0.6 is 0 Å². The van der Waals surface area contributed by atoms with E-state index in [0.717, 1.165) is 4.90 Å². The third-order valence-corrected chi connectivity index (χ3v) is 2.25. The van der Waals surface area contributed by atoms with Gasteiger partial charge in [-0.25, -0.2) is 14.5 Å². The van der Waals surface area contributed by atoms with Gasteiger partial charge < -0.3 is 14.6 Å². The highest BCUT2D eigenvalue weighted by Gasteiger charge is 2.48. The molecule has 0 bridgehead atoms. The van der Waals surface area contributed by atoms with Crippen molar-refractivity contribution in [1.82, 2.24) is 4.90 Å². The topological polar surface area (TPSA) is 76.1 Å². The molecule has 1 amide bonds. The molecule has 0 saturated carbocycles. The lowest BCUT2D eigenvalue weighted by Crippen LogP contribution is -2.54. The zero-order valence-electron chi connectivity index (χ0n) is 11.1. The summed E-state index contributed by atoms with van der Waals surface area (Å²) in [5.41, 5.74) is -2.71. The fourth-order valence-corrected chi connectivity index (χ4v) is 1.50. The summed E-state index contributed by atoms with van der Waals surface area (Å²) in [5, 5.41) is 10.2. The van der Waals surface area contributed by atoms with Crippen molar-refractivity contribution in [3.8, 4) is 0 Å². The Morgan fingerprint density at radius 2 is 2.06 bits per heavy atom. The van der Waals surface area contributed by atoms with Crippen LogP contribution < -0.4 is 0 Å². The molecule has 1 aliphatic heterocycles. The maximum Gasteiger partial charge on any atom is 0.417 e. The van der Waals surface area contributed by atoms with Crippen molar-refractivity contribution in [2.75, 3.05) is 6.61 Å². The lowest BCUT2D eigenvalue weighted by Gasteiger charge is -2.32. The van der Waals surface area contributed by atoms with E-state index in [4.69, 9.17) is 9.47 Å². The van der Waals surface area contributed by atoms with E-state index in [1.165, 1.54) is 12.3 Å². The Kier molecular flexibility index (Phi) is 4.01. The standard InChI is InChI=1S/C12H19NO5/c1-5-17-9(14)12(16)7-6-8-13(12)10(15)18-11(2,3)4/h6,8,16H,5,7H2,1-4H3/t12-/m0/s1. The van der Waals surface area contributed by atoms with Gasteiger partial charge in [0, 0.05) is 12.6 Å². The largest absolute Gasteiger partial charge is 0.462 e. The lowest BCUT2D eigenvalue weighted by atomic mass is 10.1. The van der Waals surface area contributed by atoms with E-state index in [0.29, 0.717) is 0 Å². The number of hydrogen-bond acceptors (Lipinski definition) is 5. The first-order valence-corrected chi connectivity index (χ1v) is 5.79. The van der Waals surface area contributed by atoms with Crippen LogP contribution in [0, 0.1) is 0 Å². The highest BCUT2D eigenvalue weighted by molar-refractivity contribution is 5.85. The zero-order chi connectivity index (χ0) is 14.0. The van der Waals surface area contributed by atoms with Crippen LogP contribution in [0.2, 0.25) is 0 Å². The van der Waals surface area contributed by atoms with E-state index < -0.39 is 23.4 Å². The van der Waals surface area contributed by atoms with E-state index in [9.17, 15) is 14.7 Å². The highest BCUT2D eigenvalue weighted by Crippen LogP contribution is 2.28. The Balaban J connectivity index is 2.84. The van der Waals surface area contributed by atoms with Gasteiger partial charge in [-0.1, -0.05) is 6.08 Å². The minimum Gasteiger partial charge on any atom is -0.462 e. The average Bonchev–Trinajstić information content (AvgIpc) is 2.59. The highest BCUT2D eigenvalue weighted by atomic mass is 16.6. The number of carbonyl (C=O) groups is 2. The van der Waals surface area contributed by atoms with Gasteiger partial charge in [-0.2, -0.15) is 0 Å². The molecule has 1 aliphatic rings. The first-order chi connectivity index (χ1) is 8.20. The summed E-state index contributed by atoms with van der Waals surface area (Å²) < 4.78 is 9.87. The smallest absolute Gasteiger partial charge is 0.417 e. The van der Waals surface area contributed by atoms with Crippen LogP contribution in [0.4, 0.5) is 4.79 Å². The fraction of sp³-hybridized carbons (Fsp3) is 0.667. The molecule has 0 spiro atoms. The number of nitrogens with zero attached hydrogens (tertiary/aromatic N) is 1. The van der Waals surface area contributed by atoms with Gasteiger partial charge in [-0.05, 0) is 27.7 Å². The van der Waals surface area contributed by atoms with Crippen molar-refractivity contribution in [1.29, 1.82) is 0 Å². The maximum atomic E-state index is 11.9. The third-order valence-electron chi connectivity index (χ3n) is 2.25. The molecule has 0 unspecified atom stereocenters. The van der Waals surface area contributed by atoms with Crippen LogP contribution in [-0.2, 0) is 14.3 Å². The van der Waals surface area contributed by atoms with Crippen molar-refractivity contribution in [3.63, 3.8) is 0 Å². The molecule has 0 saturated heterocycles. The van der Waals surface area contributed by atoms with Gasteiger partial charge in [-0.3, -0.25) is 0 Å². The summed E-state index contributed by atoms with van der Waals surface area (Å²) in [6.45, 7) is 6.86. The maximum absolute atomic E-state index is 11.9. The molecule has 6 nitrogen and oxygen atoms in total. The van der Waals surface area contributed by atoms with Gasteiger partial charge in [0.15, 0.2) is 0 Å². The number of carbonyl (C=O) groups excluding carboxylic acids is 2. The Bertz CT molecular complexity index is 371. The SMILES string of the molecule is CCOC(=O)[C@@]1(O)CC=CN1C(=O)OC(C)(C)C. The lowest BCUT2D eigenvalue weighted by molar-refractivity contribution is -0.178. The molecule has 6 heteroatoms. The summed E-state index contributed by atoms with van der Waals surface area (Å²) in [6.07, 6.45) is 2.04. The molecule has 0 aromatic heterocycles. The molecule has 0 aliphatic carbocycles. The second-order valence-corrected chi connectivity index (χ2v) is 4.98. The minimum absolute atomic E-state index is 0.00885. The molecular formula is C12H19NO5. The predicted molar refractivity (Wildman–Crippen MR) is 63.4 cm³/mol. The molecule has 1 rings (SSSR count). The molecule has 0 aromatic rings. The number of aliphatic hydroxyl groups is 1. The minimum atomic E-state index is -2.00. The Hall–Kier alpha value is -1.56. The molecule has 18 heavy (non-hydrogen) atoms. The zero-order valence-corrected chi connectivity index (χ0v) is 11.1. The number of esters is 1. The average molecular weight is 257 g/mol. The quantitative estimate of drug-likeness (QED) is 0.756. The second kappa shape index (κ2) is 4.97. The first kappa shape index (κ1) is 14.5. The summed E-state index contributed by atoms with van der Waals surface area (Å²) in [6, 6.07) is 0. The molecule has 0 aromatic carbocycles. The number of ether oxygens (including phenoxy) is 2. The van der Waals surface area contributed by atoms with Gasteiger partial charge in [0.05, 0.1) is 6.61 Å². The van der Waals surface area contributed by atoms with Gasteiger partial charge in [0.2, 0.25) is 0 Å². The molecule has 0 radical (unpaired) electrons. The second-order valence-electron chi connectivity index (χ2n) is 4.98. The van der Waals surface area contributed by atoms with Crippen LogP contribution in [-0.4, -0.2) is 40.0 Å². The van der Waals surface area contributed by atoms with E-state index in [1.54, 1.807) is 27.7 Å². The van der Waals surface area contributed by atoms with E-state index in [1.807, 2.05) is 0 Å². The first-order valence-electron chi connectivity index (χ1n) is 5.79. The van der Waals surface area contributed by atoms with Crippen LogP contribution in [0.15, 0.2) is 12.3 Å². The fourth-order valence-electron chi connectivity index (χ4n) is 1.50. The predicted octanol–water partition coefficient (Wildman–Crippen LogP) is 1.39. The van der Waals surface area contributed by atoms with Crippen LogP contribution in [0.3, 0.4) is 0 Å². The van der Waals surface area contributed by atoms with Crippen LogP contribution in [0.25, 0.3) is 0 Å². The summed E-state index contributed by atoms with van der Waals surface area (Å²) in [4.78, 5) is 24.4. The van der Waals surface area contributed by atoms with Gasteiger partial charge in [0.1, 0.15) is 5.60 Å². The Labute approximate surface area is 106 Å². The molecule has 1 heterocycles. The molecular weight excluding hydrogens is 238 g/mol. The number of amides is 1. The summed E-state index contributed by atoms with van der Waals surface area (Å²) in [7, 11) is 0. The van der Waals surface area contributed by atoms with Crippen molar-refractivity contribution < 1.29 is 24.2 Å². The monoisotopic (exact) mass is 257 g/mol. The van der Waals surface area contributed by atoms with Crippen molar-refractivity contribution in [3.05, 3.63) is 12.3 Å². The summed E-state index contributed by atoms with van der Waals surface area (Å²) in [5.74, 6) is -0.860. The molecule has 0 fully saturated rings. The molecule has 1 N–H and O–H groups in total. The normalized spacial score (nSPS) is 23.1. The van der Waals surface area contributed by atoms with E-state index in [-0.39, 0.29) is 13.0 Å². The van der Waals surface area contributed by atoms with Gasteiger partial charge >= 0.3 is 12.1 Å². The van der Waals surface area contributed by atoms with Crippen LogP contribution in [0.1, 0.15) is 34.1 Å². The van der Waals surface area contributed by atoms with E-state index >= 15 is 0 Å². The summed E-state index contributed by atoms with van der Waals surface area (Å²) >= 11 is 0. The van der Waals surface area contributed by atoms with Gasteiger partial charge in [-0.15, -0.1) is 0 Å². The van der Waals surface area contributed by atoms with Gasteiger partial charge in [0.25, 0.3) is 5.72 Å². The van der Waals surface area contributed by atoms with E-state index in [2.05, 4.69) is 0 Å². The number of rotatable bonds is 2. The Morgan fingerprint density at radius 1 is 1.44 bits per heavy atom. The van der Waals surface area contributed by atoms with Crippen molar-refractivity contribution in [2.24, 2.45) is 0 Å². The number of hydrogen-bond donors (Lipinski definition) is 1.